The molecule has 0 amide bonds. The molecule has 0 saturated heterocycles. The molecule has 19 heavy (non-hydrogen) atoms. The summed E-state index contributed by atoms with van der Waals surface area (Å²) in [5.41, 5.74) is 5.56. The van der Waals surface area contributed by atoms with E-state index < -0.39 is 31.6 Å². The predicted molar refractivity (Wildman–Crippen MR) is 55.3 cm³/mol. The van der Waals surface area contributed by atoms with Gasteiger partial charge in [-0.15, -0.1) is 12.3 Å². The minimum atomic E-state index is -4.22. The molecule has 0 bridgehead atoms. The largest absolute Gasteiger partial charge is 0.367 e. The fourth-order valence-electron chi connectivity index (χ4n) is 1.03. The van der Waals surface area contributed by atoms with Crippen LogP contribution in [0.5, 0.6) is 0 Å². The smallest absolute Gasteiger partial charge is 0.330 e. The van der Waals surface area contributed by atoms with E-state index in [1.165, 1.54) is 0 Å². The van der Waals surface area contributed by atoms with E-state index in [4.69, 9.17) is 16.7 Å². The van der Waals surface area contributed by atoms with Crippen molar-refractivity contribution >= 4 is 0 Å². The Hall–Kier alpha value is -1.66. The standard InChI is InChI=1S/C10H11F4N3O2/c1-2-3-6(15)8-16-7(17-19-8)4-18-5-10(13,14)9(11)12/h1,6,9H,3-5,15H2. The van der Waals surface area contributed by atoms with Gasteiger partial charge >= 0.3 is 12.3 Å². The Morgan fingerprint density at radius 3 is 2.74 bits per heavy atom. The Morgan fingerprint density at radius 1 is 1.47 bits per heavy atom. The average molecular weight is 281 g/mol. The molecule has 1 aromatic rings. The van der Waals surface area contributed by atoms with Gasteiger partial charge in [0, 0.05) is 6.42 Å². The van der Waals surface area contributed by atoms with Crippen LogP contribution in [0.25, 0.3) is 0 Å². The number of halogens is 4. The third-order valence-electron chi connectivity index (χ3n) is 1.98. The summed E-state index contributed by atoms with van der Waals surface area (Å²) in [6.07, 6.45) is 1.40. The highest BCUT2D eigenvalue weighted by Crippen LogP contribution is 2.23. The lowest BCUT2D eigenvalue weighted by Crippen LogP contribution is -2.32. The molecule has 1 rings (SSSR count). The Balaban J connectivity index is 2.45. The van der Waals surface area contributed by atoms with Crippen LogP contribution in [0.2, 0.25) is 0 Å². The van der Waals surface area contributed by atoms with E-state index in [0.717, 1.165) is 0 Å². The van der Waals surface area contributed by atoms with Crippen molar-refractivity contribution in [1.82, 2.24) is 10.1 Å². The predicted octanol–water partition coefficient (Wildman–Crippen LogP) is 1.51. The first kappa shape index (κ1) is 15.4. The molecular weight excluding hydrogens is 270 g/mol. The fourth-order valence-corrected chi connectivity index (χ4v) is 1.03. The topological polar surface area (TPSA) is 74.2 Å². The zero-order chi connectivity index (χ0) is 14.5. The first-order valence-electron chi connectivity index (χ1n) is 5.12. The van der Waals surface area contributed by atoms with Crippen molar-refractivity contribution in [3.05, 3.63) is 11.7 Å². The second-order valence-electron chi connectivity index (χ2n) is 3.62. The number of hydrogen-bond donors (Lipinski definition) is 1. The maximum Gasteiger partial charge on any atom is 0.330 e. The van der Waals surface area contributed by atoms with Crippen molar-refractivity contribution in [3.63, 3.8) is 0 Å². The maximum atomic E-state index is 12.5. The number of aromatic nitrogens is 2. The summed E-state index contributed by atoms with van der Waals surface area (Å²) in [5.74, 6) is -1.98. The van der Waals surface area contributed by atoms with Gasteiger partial charge < -0.3 is 15.0 Å². The first-order chi connectivity index (χ1) is 8.86. The Kier molecular flexibility index (Phi) is 5.26. The van der Waals surface area contributed by atoms with Gasteiger partial charge in [0.25, 0.3) is 0 Å². The first-order valence-corrected chi connectivity index (χ1v) is 5.12. The number of ether oxygens (including phenoxy) is 1. The summed E-state index contributed by atoms with van der Waals surface area (Å²) in [4.78, 5) is 3.74. The average Bonchev–Trinajstić information content (AvgIpc) is 2.77. The lowest BCUT2D eigenvalue weighted by Gasteiger charge is -2.14. The number of rotatable bonds is 7. The highest BCUT2D eigenvalue weighted by atomic mass is 19.3. The molecule has 0 aromatic carbocycles. The summed E-state index contributed by atoms with van der Waals surface area (Å²) in [6, 6.07) is -0.672. The van der Waals surface area contributed by atoms with E-state index in [1.807, 2.05) is 0 Å². The van der Waals surface area contributed by atoms with Crippen molar-refractivity contribution in [2.75, 3.05) is 6.61 Å². The zero-order valence-corrected chi connectivity index (χ0v) is 9.65. The van der Waals surface area contributed by atoms with Crippen molar-refractivity contribution in [1.29, 1.82) is 0 Å². The van der Waals surface area contributed by atoms with Crippen molar-refractivity contribution in [2.45, 2.75) is 31.4 Å². The van der Waals surface area contributed by atoms with E-state index >= 15 is 0 Å². The monoisotopic (exact) mass is 281 g/mol. The lowest BCUT2D eigenvalue weighted by molar-refractivity contribution is -0.168. The van der Waals surface area contributed by atoms with Crippen LogP contribution in [0.1, 0.15) is 24.2 Å². The normalized spacial score (nSPS) is 13.5. The molecule has 5 nitrogen and oxygen atoms in total. The third-order valence-corrected chi connectivity index (χ3v) is 1.98. The van der Waals surface area contributed by atoms with Gasteiger partial charge in [-0.1, -0.05) is 5.16 Å². The third kappa shape index (κ3) is 4.50. The Labute approximate surface area is 106 Å². The quantitative estimate of drug-likeness (QED) is 0.605. The number of nitrogens with zero attached hydrogens (tertiary/aromatic N) is 2. The van der Waals surface area contributed by atoms with E-state index in [2.05, 4.69) is 20.8 Å². The molecule has 1 aromatic heterocycles. The maximum absolute atomic E-state index is 12.5. The van der Waals surface area contributed by atoms with Gasteiger partial charge in [0.05, 0.1) is 6.04 Å². The molecule has 1 heterocycles. The van der Waals surface area contributed by atoms with Crippen molar-refractivity contribution in [3.8, 4) is 12.3 Å². The van der Waals surface area contributed by atoms with E-state index in [9.17, 15) is 17.6 Å². The van der Waals surface area contributed by atoms with Crippen molar-refractivity contribution in [2.24, 2.45) is 5.73 Å². The van der Waals surface area contributed by atoms with Crippen molar-refractivity contribution < 1.29 is 26.8 Å². The molecule has 0 aliphatic rings. The summed E-state index contributed by atoms with van der Waals surface area (Å²) < 4.78 is 57.8. The molecule has 2 N–H and O–H groups in total. The Bertz CT molecular complexity index is 444. The van der Waals surface area contributed by atoms with Crippen LogP contribution < -0.4 is 5.73 Å². The van der Waals surface area contributed by atoms with Crippen LogP contribution in [0, 0.1) is 12.3 Å². The summed E-state index contributed by atoms with van der Waals surface area (Å²) >= 11 is 0. The molecule has 106 valence electrons. The van der Waals surface area contributed by atoms with E-state index in [0.29, 0.717) is 0 Å². The lowest BCUT2D eigenvalue weighted by atomic mass is 10.2. The molecule has 0 radical (unpaired) electrons. The molecule has 0 aliphatic carbocycles. The fraction of sp³-hybridized carbons (Fsp3) is 0.600. The van der Waals surface area contributed by atoms with Gasteiger partial charge in [0.1, 0.15) is 13.2 Å². The van der Waals surface area contributed by atoms with E-state index in [1.54, 1.807) is 0 Å². The number of terminal acetylenes is 1. The summed E-state index contributed by atoms with van der Waals surface area (Å²) in [6.45, 7) is -1.93. The van der Waals surface area contributed by atoms with Crippen LogP contribution in [0.15, 0.2) is 4.52 Å². The molecule has 0 fully saturated rings. The minimum Gasteiger partial charge on any atom is -0.367 e. The van der Waals surface area contributed by atoms with Gasteiger partial charge in [-0.05, 0) is 0 Å². The number of alkyl halides is 4. The number of hydrogen-bond acceptors (Lipinski definition) is 5. The van der Waals surface area contributed by atoms with Crippen LogP contribution in [0.3, 0.4) is 0 Å². The second-order valence-corrected chi connectivity index (χ2v) is 3.62. The van der Waals surface area contributed by atoms with Gasteiger partial charge in [-0.25, -0.2) is 8.78 Å². The van der Waals surface area contributed by atoms with E-state index in [-0.39, 0.29) is 18.1 Å². The highest BCUT2D eigenvalue weighted by molar-refractivity contribution is 4.98. The summed E-state index contributed by atoms with van der Waals surface area (Å²) in [7, 11) is 0. The molecular formula is C10H11F4N3O2. The molecule has 0 spiro atoms. The SMILES string of the molecule is C#CCC(N)c1nc(COCC(F)(F)C(F)F)no1. The van der Waals surface area contributed by atoms with Crippen LogP contribution in [0.4, 0.5) is 17.6 Å². The van der Waals surface area contributed by atoms with Gasteiger partial charge in [-0.3, -0.25) is 0 Å². The Morgan fingerprint density at radius 2 is 2.16 bits per heavy atom. The molecule has 9 heteroatoms. The molecule has 0 saturated carbocycles. The van der Waals surface area contributed by atoms with Crippen LogP contribution in [-0.2, 0) is 11.3 Å². The second kappa shape index (κ2) is 6.49. The summed E-state index contributed by atoms with van der Waals surface area (Å²) in [5, 5.41) is 3.39. The molecule has 1 atom stereocenters. The highest BCUT2D eigenvalue weighted by Gasteiger charge is 2.41. The molecule has 1 unspecified atom stereocenters. The van der Waals surface area contributed by atoms with Gasteiger partial charge in [0.15, 0.2) is 5.82 Å². The van der Waals surface area contributed by atoms with Gasteiger partial charge in [0.2, 0.25) is 5.89 Å². The molecule has 0 aliphatic heterocycles. The van der Waals surface area contributed by atoms with Crippen LogP contribution in [-0.4, -0.2) is 29.1 Å². The number of nitrogens with two attached hydrogens (primary N) is 1. The van der Waals surface area contributed by atoms with Crippen LogP contribution >= 0.6 is 0 Å². The van der Waals surface area contributed by atoms with Gasteiger partial charge in [-0.2, -0.15) is 13.8 Å². The zero-order valence-electron chi connectivity index (χ0n) is 9.65. The minimum absolute atomic E-state index is 0.0252.